The summed E-state index contributed by atoms with van der Waals surface area (Å²) in [5.41, 5.74) is 1.21. The standard InChI is InChI=1S/C21H25F2N3O3/c1-13(14-6-4-3-5-7-14)29-17-12-16(26-18(17)20(28)24-2)19(27)25-15-8-10-21(22,23)11-9-15/h3-7,12-13,15,26H,8-11H2,1-2H3,(H,24,28)(H,25,27). The van der Waals surface area contributed by atoms with Crippen LogP contribution >= 0.6 is 0 Å². The Labute approximate surface area is 168 Å². The second-order valence-electron chi connectivity index (χ2n) is 7.28. The van der Waals surface area contributed by atoms with Crippen molar-refractivity contribution >= 4 is 11.8 Å². The third-order valence-corrected chi connectivity index (χ3v) is 5.11. The van der Waals surface area contributed by atoms with Crippen LogP contribution in [0.3, 0.4) is 0 Å². The average Bonchev–Trinajstić information content (AvgIpc) is 3.13. The van der Waals surface area contributed by atoms with E-state index >= 15 is 0 Å². The van der Waals surface area contributed by atoms with Gasteiger partial charge in [0.2, 0.25) is 5.92 Å². The zero-order valence-corrected chi connectivity index (χ0v) is 16.4. The molecule has 29 heavy (non-hydrogen) atoms. The number of nitrogens with one attached hydrogen (secondary N) is 3. The highest BCUT2D eigenvalue weighted by molar-refractivity contribution is 5.99. The first-order chi connectivity index (χ1) is 13.8. The largest absolute Gasteiger partial charge is 0.484 e. The molecule has 1 aromatic heterocycles. The van der Waals surface area contributed by atoms with Crippen molar-refractivity contribution in [2.75, 3.05) is 7.05 Å². The van der Waals surface area contributed by atoms with Gasteiger partial charge in [0.1, 0.15) is 17.5 Å². The molecule has 1 unspecified atom stereocenters. The van der Waals surface area contributed by atoms with Crippen molar-refractivity contribution in [2.45, 2.75) is 50.7 Å². The zero-order chi connectivity index (χ0) is 21.0. The summed E-state index contributed by atoms with van der Waals surface area (Å²) < 4.78 is 32.5. The molecule has 6 nitrogen and oxygen atoms in total. The molecule has 1 fully saturated rings. The molecule has 0 aliphatic heterocycles. The van der Waals surface area contributed by atoms with Crippen LogP contribution < -0.4 is 15.4 Å². The Morgan fingerprint density at radius 2 is 1.83 bits per heavy atom. The van der Waals surface area contributed by atoms with Crippen molar-refractivity contribution < 1.29 is 23.1 Å². The van der Waals surface area contributed by atoms with Crippen LogP contribution in [0.25, 0.3) is 0 Å². The van der Waals surface area contributed by atoms with E-state index in [0.717, 1.165) is 5.56 Å². The van der Waals surface area contributed by atoms with Crippen molar-refractivity contribution in [3.8, 4) is 5.75 Å². The van der Waals surface area contributed by atoms with Crippen molar-refractivity contribution in [1.29, 1.82) is 0 Å². The number of rotatable bonds is 6. The van der Waals surface area contributed by atoms with Crippen molar-refractivity contribution in [3.05, 3.63) is 53.3 Å². The lowest BCUT2D eigenvalue weighted by Crippen LogP contribution is -2.40. The second-order valence-corrected chi connectivity index (χ2v) is 7.28. The summed E-state index contributed by atoms with van der Waals surface area (Å²) in [5.74, 6) is -3.28. The Morgan fingerprint density at radius 3 is 2.45 bits per heavy atom. The van der Waals surface area contributed by atoms with Gasteiger partial charge in [-0.1, -0.05) is 30.3 Å². The van der Waals surface area contributed by atoms with Gasteiger partial charge < -0.3 is 20.4 Å². The van der Waals surface area contributed by atoms with E-state index < -0.39 is 17.7 Å². The van der Waals surface area contributed by atoms with Gasteiger partial charge in [0.05, 0.1) is 0 Å². The van der Waals surface area contributed by atoms with E-state index in [4.69, 9.17) is 4.74 Å². The Balaban J connectivity index is 1.74. The van der Waals surface area contributed by atoms with Crippen LogP contribution in [0.4, 0.5) is 8.78 Å². The molecule has 1 aromatic carbocycles. The number of benzene rings is 1. The number of carbonyl (C=O) groups excluding carboxylic acids is 2. The average molecular weight is 405 g/mol. The van der Waals surface area contributed by atoms with Crippen LogP contribution in [0, 0.1) is 0 Å². The molecule has 1 aliphatic carbocycles. The minimum absolute atomic E-state index is 0.135. The van der Waals surface area contributed by atoms with E-state index in [1.807, 2.05) is 37.3 Å². The van der Waals surface area contributed by atoms with Crippen LogP contribution in [0.2, 0.25) is 0 Å². The van der Waals surface area contributed by atoms with E-state index in [0.29, 0.717) is 0 Å². The lowest BCUT2D eigenvalue weighted by atomic mass is 9.92. The summed E-state index contributed by atoms with van der Waals surface area (Å²) in [4.78, 5) is 27.6. The minimum Gasteiger partial charge on any atom is -0.484 e. The summed E-state index contributed by atoms with van der Waals surface area (Å²) in [6.45, 7) is 1.85. The molecule has 0 bridgehead atoms. The molecule has 1 atom stereocenters. The SMILES string of the molecule is CNC(=O)c1[nH]c(C(=O)NC2CCC(F)(F)CC2)cc1OC(C)c1ccccc1. The molecular weight excluding hydrogens is 380 g/mol. The molecule has 1 heterocycles. The fraction of sp³-hybridized carbons (Fsp3) is 0.429. The highest BCUT2D eigenvalue weighted by Crippen LogP contribution is 2.33. The third-order valence-electron chi connectivity index (χ3n) is 5.11. The fourth-order valence-corrected chi connectivity index (χ4v) is 3.37. The maximum atomic E-state index is 13.3. The van der Waals surface area contributed by atoms with Crippen molar-refractivity contribution in [3.63, 3.8) is 0 Å². The first-order valence-corrected chi connectivity index (χ1v) is 9.64. The lowest BCUT2D eigenvalue weighted by Gasteiger charge is -2.28. The maximum Gasteiger partial charge on any atom is 0.271 e. The van der Waals surface area contributed by atoms with Gasteiger partial charge in [-0.15, -0.1) is 0 Å². The van der Waals surface area contributed by atoms with E-state index in [1.54, 1.807) is 0 Å². The van der Waals surface area contributed by atoms with Gasteiger partial charge in [-0.25, -0.2) is 8.78 Å². The Kier molecular flexibility index (Phi) is 6.20. The number of carbonyl (C=O) groups is 2. The smallest absolute Gasteiger partial charge is 0.271 e. The number of halogens is 2. The molecule has 2 amide bonds. The van der Waals surface area contributed by atoms with E-state index in [9.17, 15) is 18.4 Å². The predicted octanol–water partition coefficient (Wildman–Crippen LogP) is 3.82. The van der Waals surface area contributed by atoms with E-state index in [2.05, 4.69) is 15.6 Å². The molecule has 0 saturated heterocycles. The number of alkyl halides is 2. The number of hydrogen-bond donors (Lipinski definition) is 3. The van der Waals surface area contributed by atoms with Gasteiger partial charge in [-0.2, -0.15) is 0 Å². The highest BCUT2D eigenvalue weighted by Gasteiger charge is 2.35. The van der Waals surface area contributed by atoms with Crippen LogP contribution in [-0.2, 0) is 0 Å². The topological polar surface area (TPSA) is 83.2 Å². The maximum absolute atomic E-state index is 13.3. The number of aromatic amines is 1. The van der Waals surface area contributed by atoms with E-state index in [-0.39, 0.29) is 55.0 Å². The fourth-order valence-electron chi connectivity index (χ4n) is 3.37. The quantitative estimate of drug-likeness (QED) is 0.683. The van der Waals surface area contributed by atoms with Crippen molar-refractivity contribution in [2.24, 2.45) is 0 Å². The number of aromatic nitrogens is 1. The van der Waals surface area contributed by atoms with Gasteiger partial charge in [0.25, 0.3) is 11.8 Å². The molecule has 8 heteroatoms. The van der Waals surface area contributed by atoms with Crippen LogP contribution in [0.1, 0.15) is 65.3 Å². The lowest BCUT2D eigenvalue weighted by molar-refractivity contribution is -0.0399. The van der Waals surface area contributed by atoms with Gasteiger partial charge in [0.15, 0.2) is 5.75 Å². The number of ether oxygens (including phenoxy) is 1. The van der Waals surface area contributed by atoms with Crippen LogP contribution in [0.5, 0.6) is 5.75 Å². The molecule has 1 saturated carbocycles. The zero-order valence-electron chi connectivity index (χ0n) is 16.4. The number of amides is 2. The van der Waals surface area contributed by atoms with Crippen LogP contribution in [-0.4, -0.2) is 35.8 Å². The summed E-state index contributed by atoms with van der Waals surface area (Å²) in [7, 11) is 1.48. The van der Waals surface area contributed by atoms with Crippen molar-refractivity contribution in [1.82, 2.24) is 15.6 Å². The normalized spacial score (nSPS) is 17.4. The van der Waals surface area contributed by atoms with Gasteiger partial charge in [-0.3, -0.25) is 9.59 Å². The summed E-state index contributed by atoms with van der Waals surface area (Å²) in [6, 6.07) is 10.6. The third kappa shape index (κ3) is 5.13. The van der Waals surface area contributed by atoms with Gasteiger partial charge >= 0.3 is 0 Å². The van der Waals surface area contributed by atoms with E-state index in [1.165, 1.54) is 13.1 Å². The highest BCUT2D eigenvalue weighted by atomic mass is 19.3. The molecule has 3 N–H and O–H groups in total. The number of hydrogen-bond acceptors (Lipinski definition) is 3. The molecule has 3 rings (SSSR count). The second kappa shape index (κ2) is 8.63. The van der Waals surface area contributed by atoms with Gasteiger partial charge in [0, 0.05) is 32.0 Å². The minimum atomic E-state index is -2.66. The predicted molar refractivity (Wildman–Crippen MR) is 104 cm³/mol. The molecule has 2 aromatic rings. The molecule has 0 radical (unpaired) electrons. The summed E-state index contributed by atoms with van der Waals surface area (Å²) in [5, 5.41) is 5.28. The molecule has 156 valence electrons. The molecule has 0 spiro atoms. The molecule has 1 aliphatic rings. The molecular formula is C21H25F2N3O3. The Morgan fingerprint density at radius 1 is 1.17 bits per heavy atom. The Hall–Kier alpha value is -2.90. The monoisotopic (exact) mass is 405 g/mol. The Bertz CT molecular complexity index is 857. The van der Waals surface area contributed by atoms with Gasteiger partial charge in [-0.05, 0) is 25.3 Å². The van der Waals surface area contributed by atoms with Crippen LogP contribution in [0.15, 0.2) is 36.4 Å². The number of H-pyrrole nitrogens is 1. The summed E-state index contributed by atoms with van der Waals surface area (Å²) in [6.07, 6.45) is -0.386. The first kappa shape index (κ1) is 20.8. The summed E-state index contributed by atoms with van der Waals surface area (Å²) >= 11 is 0. The first-order valence-electron chi connectivity index (χ1n) is 9.64.